The van der Waals surface area contributed by atoms with E-state index in [-0.39, 0.29) is 0 Å². The van der Waals surface area contributed by atoms with Gasteiger partial charge in [0, 0.05) is 53.4 Å². The SMILES string of the molecule is Cc1c2c(nn1C)-c1[nH]c3cc4c(ccn4C)cc3c1CCC2. The van der Waals surface area contributed by atoms with Gasteiger partial charge in [0.05, 0.1) is 5.69 Å². The second kappa shape index (κ2) is 4.28. The summed E-state index contributed by atoms with van der Waals surface area (Å²) in [6, 6.07) is 6.80. The van der Waals surface area contributed by atoms with Crippen LogP contribution in [0.4, 0.5) is 0 Å². The van der Waals surface area contributed by atoms with E-state index in [1.807, 2.05) is 11.7 Å². The lowest BCUT2D eigenvalue weighted by molar-refractivity contribution is 0.733. The second-order valence-electron chi connectivity index (χ2n) is 6.75. The van der Waals surface area contributed by atoms with Crippen molar-refractivity contribution in [1.29, 1.82) is 0 Å². The molecule has 0 fully saturated rings. The molecule has 0 spiro atoms. The quantitative estimate of drug-likeness (QED) is 0.526. The van der Waals surface area contributed by atoms with Crippen LogP contribution in [-0.4, -0.2) is 19.3 Å². The molecule has 0 amide bonds. The molecule has 23 heavy (non-hydrogen) atoms. The molecular weight excluding hydrogens is 284 g/mol. The highest BCUT2D eigenvalue weighted by Crippen LogP contribution is 2.38. The van der Waals surface area contributed by atoms with E-state index in [0.717, 1.165) is 18.5 Å². The van der Waals surface area contributed by atoms with Crippen molar-refractivity contribution in [2.45, 2.75) is 26.2 Å². The van der Waals surface area contributed by atoms with Crippen LogP contribution in [0.25, 0.3) is 33.2 Å². The van der Waals surface area contributed by atoms with Crippen molar-refractivity contribution in [2.24, 2.45) is 14.1 Å². The molecule has 5 rings (SSSR count). The van der Waals surface area contributed by atoms with Crippen molar-refractivity contribution in [3.05, 3.63) is 41.2 Å². The van der Waals surface area contributed by atoms with Crippen LogP contribution in [0.3, 0.4) is 0 Å². The van der Waals surface area contributed by atoms with Gasteiger partial charge in [0.25, 0.3) is 0 Å². The van der Waals surface area contributed by atoms with Crippen LogP contribution < -0.4 is 0 Å². The minimum absolute atomic E-state index is 1.12. The minimum Gasteiger partial charge on any atom is -0.353 e. The Balaban J connectivity index is 1.87. The Bertz CT molecular complexity index is 1070. The predicted octanol–water partition coefficient (Wildman–Crippen LogP) is 3.86. The molecule has 0 aliphatic heterocycles. The first-order chi connectivity index (χ1) is 11.1. The molecule has 0 saturated carbocycles. The lowest BCUT2D eigenvalue weighted by atomic mass is 10.0. The summed E-state index contributed by atoms with van der Waals surface area (Å²) in [6.07, 6.45) is 5.55. The summed E-state index contributed by atoms with van der Waals surface area (Å²) in [4.78, 5) is 3.67. The summed E-state index contributed by atoms with van der Waals surface area (Å²) in [5.74, 6) is 0. The maximum absolute atomic E-state index is 4.80. The van der Waals surface area contributed by atoms with E-state index in [0.29, 0.717) is 0 Å². The zero-order valence-electron chi connectivity index (χ0n) is 13.8. The van der Waals surface area contributed by atoms with Crippen molar-refractivity contribution in [1.82, 2.24) is 19.3 Å². The van der Waals surface area contributed by atoms with Gasteiger partial charge < -0.3 is 9.55 Å². The summed E-state index contributed by atoms with van der Waals surface area (Å²) < 4.78 is 4.19. The van der Waals surface area contributed by atoms with Crippen molar-refractivity contribution in [2.75, 3.05) is 0 Å². The van der Waals surface area contributed by atoms with E-state index in [1.165, 1.54) is 50.7 Å². The normalized spacial score (nSPS) is 14.2. The lowest BCUT2D eigenvalue weighted by Gasteiger charge is -2.01. The van der Waals surface area contributed by atoms with Crippen LogP contribution in [0.2, 0.25) is 0 Å². The molecule has 4 heteroatoms. The summed E-state index contributed by atoms with van der Waals surface area (Å²) in [7, 11) is 4.14. The zero-order valence-corrected chi connectivity index (χ0v) is 13.8. The van der Waals surface area contributed by atoms with Crippen molar-refractivity contribution in [3.63, 3.8) is 0 Å². The first-order valence-electron chi connectivity index (χ1n) is 8.26. The number of nitrogens with zero attached hydrogens (tertiary/aromatic N) is 3. The van der Waals surface area contributed by atoms with Gasteiger partial charge >= 0.3 is 0 Å². The van der Waals surface area contributed by atoms with Gasteiger partial charge in [-0.05, 0) is 49.9 Å². The number of hydrogen-bond acceptors (Lipinski definition) is 1. The van der Waals surface area contributed by atoms with Crippen LogP contribution in [0.5, 0.6) is 0 Å². The molecule has 0 atom stereocenters. The average Bonchev–Trinajstić information content (AvgIpc) is 3.12. The first kappa shape index (κ1) is 13.0. The van der Waals surface area contributed by atoms with Crippen molar-refractivity contribution >= 4 is 21.8 Å². The van der Waals surface area contributed by atoms with Crippen LogP contribution in [-0.2, 0) is 26.9 Å². The van der Waals surface area contributed by atoms with Crippen LogP contribution in [0, 0.1) is 6.92 Å². The molecule has 1 aliphatic rings. The zero-order chi connectivity index (χ0) is 15.7. The number of rotatable bonds is 0. The first-order valence-corrected chi connectivity index (χ1v) is 8.26. The van der Waals surface area contributed by atoms with Gasteiger partial charge in [-0.3, -0.25) is 4.68 Å². The molecule has 4 aromatic rings. The molecule has 1 N–H and O–H groups in total. The molecule has 0 bridgehead atoms. The number of nitrogens with one attached hydrogen (secondary N) is 1. The van der Waals surface area contributed by atoms with E-state index >= 15 is 0 Å². The summed E-state index contributed by atoms with van der Waals surface area (Å²) in [5.41, 5.74) is 9.00. The number of fused-ring (bicyclic) bond motifs is 6. The average molecular weight is 304 g/mol. The van der Waals surface area contributed by atoms with E-state index < -0.39 is 0 Å². The molecular formula is C19H20N4. The van der Waals surface area contributed by atoms with Gasteiger partial charge in [0.15, 0.2) is 0 Å². The highest BCUT2D eigenvalue weighted by atomic mass is 15.3. The smallest absolute Gasteiger partial charge is 0.112 e. The molecule has 116 valence electrons. The Labute approximate surface area is 134 Å². The van der Waals surface area contributed by atoms with Crippen LogP contribution >= 0.6 is 0 Å². The summed E-state index contributed by atoms with van der Waals surface area (Å²) in [5, 5.41) is 7.47. The number of benzene rings is 1. The fourth-order valence-corrected chi connectivity index (χ4v) is 4.07. The molecule has 0 unspecified atom stereocenters. The Kier molecular flexibility index (Phi) is 2.42. The van der Waals surface area contributed by atoms with Crippen LogP contribution in [0.15, 0.2) is 24.4 Å². The van der Waals surface area contributed by atoms with E-state index in [1.54, 1.807) is 0 Å². The summed E-state index contributed by atoms with van der Waals surface area (Å²) in [6.45, 7) is 2.17. The third-order valence-electron chi connectivity index (χ3n) is 5.46. The minimum atomic E-state index is 1.12. The molecule has 1 aliphatic carbocycles. The summed E-state index contributed by atoms with van der Waals surface area (Å²) >= 11 is 0. The fourth-order valence-electron chi connectivity index (χ4n) is 4.07. The van der Waals surface area contributed by atoms with Crippen molar-refractivity contribution in [3.8, 4) is 11.4 Å². The molecule has 0 saturated heterocycles. The molecule has 3 aromatic heterocycles. The maximum atomic E-state index is 4.80. The largest absolute Gasteiger partial charge is 0.353 e. The van der Waals surface area contributed by atoms with Gasteiger partial charge in [0.2, 0.25) is 0 Å². The number of hydrogen-bond donors (Lipinski definition) is 1. The number of H-pyrrole nitrogens is 1. The Morgan fingerprint density at radius 2 is 1.96 bits per heavy atom. The third-order valence-corrected chi connectivity index (χ3v) is 5.46. The van der Waals surface area contributed by atoms with Gasteiger partial charge in [-0.1, -0.05) is 0 Å². The van der Waals surface area contributed by atoms with Gasteiger partial charge in [-0.25, -0.2) is 0 Å². The Morgan fingerprint density at radius 1 is 1.13 bits per heavy atom. The molecule has 3 heterocycles. The highest BCUT2D eigenvalue weighted by Gasteiger charge is 2.24. The van der Waals surface area contributed by atoms with E-state index in [2.05, 4.69) is 47.9 Å². The van der Waals surface area contributed by atoms with Gasteiger partial charge in [0.1, 0.15) is 5.69 Å². The molecule has 0 radical (unpaired) electrons. The van der Waals surface area contributed by atoms with Gasteiger partial charge in [-0.15, -0.1) is 0 Å². The lowest BCUT2D eigenvalue weighted by Crippen LogP contribution is -1.95. The number of aromatic amines is 1. The topological polar surface area (TPSA) is 38.5 Å². The maximum Gasteiger partial charge on any atom is 0.112 e. The van der Waals surface area contributed by atoms with E-state index in [9.17, 15) is 0 Å². The third kappa shape index (κ3) is 1.63. The predicted molar refractivity (Wildman–Crippen MR) is 93.7 cm³/mol. The van der Waals surface area contributed by atoms with Crippen LogP contribution in [0.1, 0.15) is 23.2 Å². The van der Waals surface area contributed by atoms with Gasteiger partial charge in [-0.2, -0.15) is 5.10 Å². The fraction of sp³-hybridized carbons (Fsp3) is 0.316. The Hall–Kier alpha value is -2.49. The Morgan fingerprint density at radius 3 is 2.83 bits per heavy atom. The van der Waals surface area contributed by atoms with Crippen molar-refractivity contribution < 1.29 is 0 Å². The monoisotopic (exact) mass is 304 g/mol. The number of aromatic nitrogens is 4. The van der Waals surface area contributed by atoms with E-state index in [4.69, 9.17) is 5.10 Å². The molecule has 4 nitrogen and oxygen atoms in total. The highest BCUT2D eigenvalue weighted by molar-refractivity contribution is 6.00. The second-order valence-corrected chi connectivity index (χ2v) is 6.75. The number of aryl methyl sites for hydroxylation is 3. The molecule has 1 aromatic carbocycles. The standard InChI is InChI=1S/C19H20N4/c1-11-13-5-4-6-14-15-9-12-7-8-22(2)17(12)10-16(15)20-18(14)19(13)21-23(11)3/h7-10,20H,4-6H2,1-3H3.